The van der Waals surface area contributed by atoms with Crippen LogP contribution in [0.4, 0.5) is 0 Å². The van der Waals surface area contributed by atoms with Gasteiger partial charge in [-0.25, -0.2) is 4.98 Å². The van der Waals surface area contributed by atoms with Gasteiger partial charge in [0.15, 0.2) is 0 Å². The molecule has 0 spiro atoms. The summed E-state index contributed by atoms with van der Waals surface area (Å²) in [6, 6.07) is 18.3. The molecule has 3 aromatic heterocycles. The van der Waals surface area contributed by atoms with Crippen molar-refractivity contribution >= 4 is 23.4 Å². The molecule has 4 aromatic rings. The lowest BCUT2D eigenvalue weighted by molar-refractivity contribution is 0.299. The van der Waals surface area contributed by atoms with E-state index in [2.05, 4.69) is 23.0 Å². The number of hydrogen-bond acceptors (Lipinski definition) is 4. The fourth-order valence-electron chi connectivity index (χ4n) is 5.26. The van der Waals surface area contributed by atoms with Crippen molar-refractivity contribution in [2.24, 2.45) is 7.05 Å². The molecule has 33 heavy (non-hydrogen) atoms. The Morgan fingerprint density at radius 3 is 2.79 bits per heavy atom. The highest BCUT2D eigenvalue weighted by Crippen LogP contribution is 2.39. The maximum Gasteiger partial charge on any atom is 0.259 e. The number of nitrogens with one attached hydrogen (secondary N) is 1. The van der Waals surface area contributed by atoms with Crippen LogP contribution >= 0.6 is 12.4 Å². The first-order valence-electron chi connectivity index (χ1n) is 11.3. The molecule has 2 bridgehead atoms. The van der Waals surface area contributed by atoms with Gasteiger partial charge in [0.25, 0.3) is 5.56 Å². The minimum atomic E-state index is -0.154. The highest BCUT2D eigenvalue weighted by molar-refractivity contribution is 5.85. The molecule has 1 N–H and O–H groups in total. The summed E-state index contributed by atoms with van der Waals surface area (Å²) in [7, 11) is 2.10. The summed E-state index contributed by atoms with van der Waals surface area (Å²) in [4.78, 5) is 17.7. The van der Waals surface area contributed by atoms with E-state index >= 15 is 0 Å². The van der Waals surface area contributed by atoms with Gasteiger partial charge in [0.2, 0.25) is 0 Å². The zero-order valence-corrected chi connectivity index (χ0v) is 19.3. The summed E-state index contributed by atoms with van der Waals surface area (Å²) < 4.78 is 9.61. The molecule has 2 atom stereocenters. The average Bonchev–Trinajstić information content (AvgIpc) is 3.10. The standard InChI is InChI=1S/C26H26N4O2.ClH/c1-29-22-14-18-8-5-9-21(27-18)25(22)20-10-11-23(28-26(20)29)30-13-12-19(15-24(30)31)32-16-17-6-3-2-4-7-17;/h2-4,6-7,10-13,15,18,21,27H,5,8-9,14,16H2,1H3;1H. The summed E-state index contributed by atoms with van der Waals surface area (Å²) in [6.45, 7) is 0.430. The number of ether oxygens (including phenoxy) is 1. The quantitative estimate of drug-likeness (QED) is 0.486. The molecule has 5 heterocycles. The number of fused-ring (bicyclic) bond motifs is 6. The SMILES string of the molecule is Cl.Cn1c2c(c3ccc(-n4ccc(OCc5ccccc5)cc4=O)nc31)C1CCCC(C2)N1. The summed E-state index contributed by atoms with van der Waals surface area (Å²) in [5, 5.41) is 4.98. The molecule has 0 saturated carbocycles. The van der Waals surface area contributed by atoms with Crippen LogP contribution < -0.4 is 15.6 Å². The van der Waals surface area contributed by atoms with Crippen LogP contribution in [0, 0.1) is 0 Å². The Morgan fingerprint density at radius 2 is 1.97 bits per heavy atom. The zero-order valence-electron chi connectivity index (χ0n) is 18.5. The number of hydrogen-bond donors (Lipinski definition) is 1. The second-order valence-corrected chi connectivity index (χ2v) is 8.86. The summed E-state index contributed by atoms with van der Waals surface area (Å²) in [6.07, 6.45) is 6.48. The number of rotatable bonds is 4. The van der Waals surface area contributed by atoms with Gasteiger partial charge in [-0.2, -0.15) is 0 Å². The molecular weight excluding hydrogens is 436 g/mol. The van der Waals surface area contributed by atoms with Gasteiger partial charge < -0.3 is 14.6 Å². The van der Waals surface area contributed by atoms with Gasteiger partial charge in [-0.1, -0.05) is 30.3 Å². The van der Waals surface area contributed by atoms with Gasteiger partial charge in [0.05, 0.1) is 0 Å². The van der Waals surface area contributed by atoms with Gasteiger partial charge in [-0.15, -0.1) is 12.4 Å². The highest BCUT2D eigenvalue weighted by atomic mass is 35.5. The lowest BCUT2D eigenvalue weighted by Crippen LogP contribution is -2.42. The first-order chi connectivity index (χ1) is 15.7. The molecule has 7 heteroatoms. The molecule has 2 aliphatic heterocycles. The molecule has 0 amide bonds. The van der Waals surface area contributed by atoms with Crippen LogP contribution in [-0.2, 0) is 20.1 Å². The van der Waals surface area contributed by atoms with Crippen molar-refractivity contribution in [2.75, 3.05) is 0 Å². The van der Waals surface area contributed by atoms with Crippen molar-refractivity contribution in [1.82, 2.24) is 19.4 Å². The number of benzene rings is 1. The first kappa shape index (κ1) is 21.7. The number of halogens is 1. The van der Waals surface area contributed by atoms with Crippen LogP contribution in [-0.4, -0.2) is 20.2 Å². The first-order valence-corrected chi connectivity index (χ1v) is 11.3. The predicted octanol–water partition coefficient (Wildman–Crippen LogP) is 4.46. The minimum absolute atomic E-state index is 0. The number of aryl methyl sites for hydroxylation is 1. The zero-order chi connectivity index (χ0) is 21.7. The average molecular weight is 463 g/mol. The van der Waals surface area contributed by atoms with Gasteiger partial charge in [0.1, 0.15) is 23.8 Å². The molecule has 1 aromatic carbocycles. The Labute approximate surface area is 198 Å². The lowest BCUT2D eigenvalue weighted by Gasteiger charge is -2.36. The fourth-order valence-corrected chi connectivity index (χ4v) is 5.26. The topological polar surface area (TPSA) is 61.1 Å². The van der Waals surface area contributed by atoms with Crippen LogP contribution in [0.1, 0.15) is 42.1 Å². The molecule has 170 valence electrons. The third kappa shape index (κ3) is 3.83. The van der Waals surface area contributed by atoms with Crippen molar-refractivity contribution in [1.29, 1.82) is 0 Å². The molecule has 6 rings (SSSR count). The van der Waals surface area contributed by atoms with E-state index in [1.165, 1.54) is 42.0 Å². The maximum absolute atomic E-state index is 12.8. The van der Waals surface area contributed by atoms with Gasteiger partial charge in [0, 0.05) is 48.9 Å². The Bertz CT molecular complexity index is 1360. The molecule has 1 fully saturated rings. The molecule has 0 aliphatic carbocycles. The molecule has 1 saturated heterocycles. The van der Waals surface area contributed by atoms with E-state index in [1.807, 2.05) is 42.5 Å². The van der Waals surface area contributed by atoms with Crippen LogP contribution in [0.2, 0.25) is 0 Å². The van der Waals surface area contributed by atoms with Crippen LogP contribution in [0.3, 0.4) is 0 Å². The molecule has 2 unspecified atom stereocenters. The highest BCUT2D eigenvalue weighted by Gasteiger charge is 2.34. The van der Waals surface area contributed by atoms with E-state index in [-0.39, 0.29) is 18.0 Å². The molecule has 0 radical (unpaired) electrons. The number of aromatic nitrogens is 3. The summed E-state index contributed by atoms with van der Waals surface area (Å²) in [5.74, 6) is 1.19. The predicted molar refractivity (Wildman–Crippen MR) is 132 cm³/mol. The van der Waals surface area contributed by atoms with Crippen molar-refractivity contribution in [2.45, 2.75) is 44.4 Å². The second-order valence-electron chi connectivity index (χ2n) is 8.86. The van der Waals surface area contributed by atoms with Crippen LogP contribution in [0.5, 0.6) is 5.75 Å². The maximum atomic E-state index is 12.8. The third-order valence-corrected chi connectivity index (χ3v) is 6.84. The Hall–Kier alpha value is -3.09. The van der Waals surface area contributed by atoms with E-state index in [1.54, 1.807) is 10.8 Å². The van der Waals surface area contributed by atoms with Crippen molar-refractivity contribution < 1.29 is 4.74 Å². The number of pyridine rings is 2. The van der Waals surface area contributed by atoms with E-state index in [0.29, 0.717) is 30.3 Å². The third-order valence-electron chi connectivity index (χ3n) is 6.84. The van der Waals surface area contributed by atoms with Crippen molar-refractivity contribution in [3.8, 4) is 11.6 Å². The van der Waals surface area contributed by atoms with Crippen molar-refractivity contribution in [3.63, 3.8) is 0 Å². The largest absolute Gasteiger partial charge is 0.489 e. The monoisotopic (exact) mass is 462 g/mol. The minimum Gasteiger partial charge on any atom is -0.489 e. The smallest absolute Gasteiger partial charge is 0.259 e. The second kappa shape index (κ2) is 8.69. The lowest BCUT2D eigenvalue weighted by atomic mass is 9.84. The van der Waals surface area contributed by atoms with E-state index in [4.69, 9.17) is 9.72 Å². The van der Waals surface area contributed by atoms with E-state index < -0.39 is 0 Å². The van der Waals surface area contributed by atoms with E-state index in [9.17, 15) is 4.79 Å². The Kier molecular flexibility index (Phi) is 5.72. The molecule has 2 aliphatic rings. The van der Waals surface area contributed by atoms with Gasteiger partial charge >= 0.3 is 0 Å². The molecule has 6 nitrogen and oxygen atoms in total. The van der Waals surface area contributed by atoms with Crippen LogP contribution in [0.25, 0.3) is 16.9 Å². The summed E-state index contributed by atoms with van der Waals surface area (Å²) in [5.41, 5.74) is 4.64. The van der Waals surface area contributed by atoms with Gasteiger partial charge in [-0.3, -0.25) is 9.36 Å². The van der Waals surface area contributed by atoms with E-state index in [0.717, 1.165) is 17.6 Å². The Morgan fingerprint density at radius 1 is 1.12 bits per heavy atom. The molecular formula is C26H27ClN4O2. The van der Waals surface area contributed by atoms with Gasteiger partial charge in [-0.05, 0) is 48.6 Å². The number of piperidine rings is 1. The Balaban J connectivity index is 0.00000228. The fraction of sp³-hybridized carbons (Fsp3) is 0.308. The van der Waals surface area contributed by atoms with Crippen molar-refractivity contribution in [3.05, 3.63) is 88.0 Å². The summed E-state index contributed by atoms with van der Waals surface area (Å²) >= 11 is 0. The normalized spacial score (nSPS) is 19.1. The number of nitrogens with zero attached hydrogens (tertiary/aromatic N) is 3. The van der Waals surface area contributed by atoms with Crippen LogP contribution in [0.15, 0.2) is 65.6 Å².